The van der Waals surface area contributed by atoms with Crippen LogP contribution >= 0.6 is 0 Å². The largest absolute Gasteiger partial charge is 0.478 e. The number of hydrogen-bond donors (Lipinski definition) is 1. The normalized spacial score (nSPS) is 11.6. The Kier molecular flexibility index (Phi) is 3.96. The monoisotopic (exact) mass is 198 g/mol. The minimum absolute atomic E-state index is 0.388. The van der Waals surface area contributed by atoms with Gasteiger partial charge in [0, 0.05) is 12.2 Å². The van der Waals surface area contributed by atoms with Crippen LogP contribution in [0.3, 0.4) is 0 Å². The number of alkyl halides is 3. The fourth-order valence-electron chi connectivity index (χ4n) is 0.340. The number of carbonyl (C=O) groups is 2. The topological polar surface area (TPSA) is 63.6 Å². The Balaban J connectivity index is 3.83. The second kappa shape index (κ2) is 4.48. The third kappa shape index (κ3) is 8.38. The van der Waals surface area contributed by atoms with Crippen LogP contribution in [0.25, 0.3) is 0 Å². The Hall–Kier alpha value is -1.53. The van der Waals surface area contributed by atoms with Crippen LogP contribution in [0.2, 0.25) is 0 Å². The van der Waals surface area contributed by atoms with Crippen LogP contribution in [-0.4, -0.2) is 29.8 Å². The molecule has 0 aliphatic carbocycles. The number of carbonyl (C=O) groups excluding carboxylic acids is 1. The molecule has 0 amide bonds. The van der Waals surface area contributed by atoms with Crippen molar-refractivity contribution in [2.75, 3.05) is 6.61 Å². The summed E-state index contributed by atoms with van der Waals surface area (Å²) in [6, 6.07) is 0. The smallest absolute Gasteiger partial charge is 0.422 e. The van der Waals surface area contributed by atoms with Crippen LogP contribution in [-0.2, 0) is 14.3 Å². The van der Waals surface area contributed by atoms with Gasteiger partial charge in [0.05, 0.1) is 0 Å². The van der Waals surface area contributed by atoms with Crippen molar-refractivity contribution in [1.29, 1.82) is 0 Å². The molecule has 0 fully saturated rings. The number of esters is 1. The van der Waals surface area contributed by atoms with Gasteiger partial charge < -0.3 is 9.84 Å². The van der Waals surface area contributed by atoms with E-state index < -0.39 is 24.7 Å². The minimum Gasteiger partial charge on any atom is -0.478 e. The molecule has 0 unspecified atom stereocenters. The number of rotatable bonds is 3. The first kappa shape index (κ1) is 11.5. The molecule has 0 aromatic heterocycles. The highest BCUT2D eigenvalue weighted by molar-refractivity contribution is 5.90. The lowest BCUT2D eigenvalue weighted by Gasteiger charge is -2.04. The summed E-state index contributed by atoms with van der Waals surface area (Å²) in [6.07, 6.45) is -3.82. The Bertz CT molecular complexity index is 231. The molecule has 0 aliphatic rings. The van der Waals surface area contributed by atoms with E-state index in [1.807, 2.05) is 0 Å². The zero-order valence-corrected chi connectivity index (χ0v) is 6.17. The van der Waals surface area contributed by atoms with E-state index in [4.69, 9.17) is 5.11 Å². The molecule has 74 valence electrons. The van der Waals surface area contributed by atoms with Crippen molar-refractivity contribution in [2.45, 2.75) is 6.18 Å². The summed E-state index contributed by atoms with van der Waals surface area (Å²) in [5, 5.41) is 7.97. The molecule has 0 aromatic rings. The SMILES string of the molecule is O=C(O)/C=C\C(=O)OCC(F)(F)F. The van der Waals surface area contributed by atoms with Gasteiger partial charge in [-0.05, 0) is 0 Å². The Labute approximate surface area is 70.6 Å². The fraction of sp³-hybridized carbons (Fsp3) is 0.333. The van der Waals surface area contributed by atoms with Crippen LogP contribution in [0.4, 0.5) is 13.2 Å². The number of ether oxygens (including phenoxy) is 1. The molecule has 4 nitrogen and oxygen atoms in total. The number of carboxylic acid groups (broad SMARTS) is 1. The Morgan fingerprint density at radius 1 is 1.31 bits per heavy atom. The van der Waals surface area contributed by atoms with E-state index in [-0.39, 0.29) is 0 Å². The average molecular weight is 198 g/mol. The van der Waals surface area contributed by atoms with Crippen LogP contribution in [0.5, 0.6) is 0 Å². The summed E-state index contributed by atoms with van der Waals surface area (Å²) in [5.41, 5.74) is 0. The number of halogens is 3. The Morgan fingerprint density at radius 2 is 1.85 bits per heavy atom. The number of carboxylic acids is 1. The third-order valence-electron chi connectivity index (χ3n) is 0.740. The third-order valence-corrected chi connectivity index (χ3v) is 0.740. The van der Waals surface area contributed by atoms with E-state index in [0.29, 0.717) is 12.2 Å². The maximum atomic E-state index is 11.4. The van der Waals surface area contributed by atoms with Crippen molar-refractivity contribution < 1.29 is 32.6 Å². The molecular weight excluding hydrogens is 193 g/mol. The lowest BCUT2D eigenvalue weighted by molar-refractivity contribution is -0.182. The quantitative estimate of drug-likeness (QED) is 0.536. The molecule has 0 rings (SSSR count). The van der Waals surface area contributed by atoms with Crippen molar-refractivity contribution in [2.24, 2.45) is 0 Å². The highest BCUT2D eigenvalue weighted by atomic mass is 19.4. The predicted molar refractivity (Wildman–Crippen MR) is 33.8 cm³/mol. The number of aliphatic carboxylic acids is 1. The Morgan fingerprint density at radius 3 is 2.23 bits per heavy atom. The van der Waals surface area contributed by atoms with Crippen LogP contribution in [0, 0.1) is 0 Å². The van der Waals surface area contributed by atoms with Gasteiger partial charge >= 0.3 is 18.1 Å². The summed E-state index contributed by atoms with van der Waals surface area (Å²) < 4.78 is 37.8. The van der Waals surface area contributed by atoms with E-state index in [0.717, 1.165) is 0 Å². The lowest BCUT2D eigenvalue weighted by atomic mass is 10.5. The van der Waals surface area contributed by atoms with Gasteiger partial charge in [0.15, 0.2) is 6.61 Å². The molecule has 0 saturated heterocycles. The van der Waals surface area contributed by atoms with Crippen molar-refractivity contribution in [3.05, 3.63) is 12.2 Å². The minimum atomic E-state index is -4.60. The predicted octanol–water partition coefficient (Wildman–Crippen LogP) is 0.733. The van der Waals surface area contributed by atoms with Gasteiger partial charge in [-0.15, -0.1) is 0 Å². The van der Waals surface area contributed by atoms with Gasteiger partial charge in [-0.1, -0.05) is 0 Å². The van der Waals surface area contributed by atoms with Gasteiger partial charge in [0.2, 0.25) is 0 Å². The zero-order valence-electron chi connectivity index (χ0n) is 6.17. The fourth-order valence-corrected chi connectivity index (χ4v) is 0.340. The number of hydrogen-bond acceptors (Lipinski definition) is 3. The van der Waals surface area contributed by atoms with E-state index in [9.17, 15) is 22.8 Å². The van der Waals surface area contributed by atoms with Gasteiger partial charge in [0.25, 0.3) is 0 Å². The summed E-state index contributed by atoms with van der Waals surface area (Å²) in [6.45, 7) is -1.73. The van der Waals surface area contributed by atoms with Crippen molar-refractivity contribution >= 4 is 11.9 Å². The first-order valence-corrected chi connectivity index (χ1v) is 2.96. The second-order valence-electron chi connectivity index (χ2n) is 1.89. The standard InChI is InChI=1S/C6H5F3O4/c7-6(8,9)3-13-5(12)2-1-4(10)11/h1-2H,3H2,(H,10,11)/b2-1-. The average Bonchev–Trinajstić information content (AvgIpc) is 1.95. The molecular formula is C6H5F3O4. The van der Waals surface area contributed by atoms with Gasteiger partial charge in [0.1, 0.15) is 0 Å². The molecule has 0 saturated carbocycles. The lowest BCUT2D eigenvalue weighted by Crippen LogP contribution is -2.19. The van der Waals surface area contributed by atoms with Crippen LogP contribution in [0.1, 0.15) is 0 Å². The van der Waals surface area contributed by atoms with E-state index in [2.05, 4.69) is 4.74 Å². The molecule has 13 heavy (non-hydrogen) atoms. The van der Waals surface area contributed by atoms with Gasteiger partial charge in [-0.25, -0.2) is 9.59 Å². The van der Waals surface area contributed by atoms with E-state index in [1.54, 1.807) is 0 Å². The molecule has 1 N–H and O–H groups in total. The summed E-state index contributed by atoms with van der Waals surface area (Å²) >= 11 is 0. The molecule has 0 bridgehead atoms. The molecule has 0 radical (unpaired) electrons. The molecule has 0 atom stereocenters. The molecule has 0 spiro atoms. The molecule has 0 aliphatic heterocycles. The summed E-state index contributed by atoms with van der Waals surface area (Å²) in [5.74, 6) is -2.79. The van der Waals surface area contributed by atoms with Gasteiger partial charge in [-0.3, -0.25) is 0 Å². The second-order valence-corrected chi connectivity index (χ2v) is 1.89. The summed E-state index contributed by atoms with van der Waals surface area (Å²) in [7, 11) is 0. The van der Waals surface area contributed by atoms with Gasteiger partial charge in [-0.2, -0.15) is 13.2 Å². The zero-order chi connectivity index (χ0) is 10.5. The van der Waals surface area contributed by atoms with Crippen molar-refractivity contribution in [3.8, 4) is 0 Å². The maximum Gasteiger partial charge on any atom is 0.422 e. The van der Waals surface area contributed by atoms with E-state index in [1.165, 1.54) is 0 Å². The summed E-state index contributed by atoms with van der Waals surface area (Å²) in [4.78, 5) is 20.1. The maximum absolute atomic E-state index is 11.4. The highest BCUT2D eigenvalue weighted by Gasteiger charge is 2.29. The van der Waals surface area contributed by atoms with Crippen LogP contribution in [0.15, 0.2) is 12.2 Å². The van der Waals surface area contributed by atoms with E-state index >= 15 is 0 Å². The molecule has 0 heterocycles. The first-order chi connectivity index (χ1) is 5.81. The molecule has 7 heteroatoms. The molecule has 0 aromatic carbocycles. The van der Waals surface area contributed by atoms with Crippen molar-refractivity contribution in [1.82, 2.24) is 0 Å². The highest BCUT2D eigenvalue weighted by Crippen LogP contribution is 2.14. The van der Waals surface area contributed by atoms with Crippen molar-refractivity contribution in [3.63, 3.8) is 0 Å². The van der Waals surface area contributed by atoms with Crippen LogP contribution < -0.4 is 0 Å². The first-order valence-electron chi connectivity index (χ1n) is 2.96.